The third-order valence-corrected chi connectivity index (χ3v) is 8.85. The molecule has 7 nitrogen and oxygen atoms in total. The van der Waals surface area contributed by atoms with Crippen LogP contribution in [0.25, 0.3) is 0 Å². The average Bonchev–Trinajstić information content (AvgIpc) is 3.02. The summed E-state index contributed by atoms with van der Waals surface area (Å²) in [4.78, 5) is 29.3. The zero-order valence-corrected chi connectivity index (χ0v) is 25.3. The van der Waals surface area contributed by atoms with Gasteiger partial charge < -0.3 is 10.2 Å². The molecule has 1 N–H and O–H groups in total. The first-order chi connectivity index (χ1) is 20.7. The maximum Gasteiger partial charge on any atom is 0.264 e. The molecule has 0 heterocycles. The van der Waals surface area contributed by atoms with Crippen molar-refractivity contribution < 1.29 is 22.4 Å². The van der Waals surface area contributed by atoms with Crippen LogP contribution in [0.15, 0.2) is 114 Å². The maximum atomic E-state index is 14.3. The highest BCUT2D eigenvalue weighted by atomic mass is 35.5. The summed E-state index contributed by atoms with van der Waals surface area (Å²) in [5, 5.41) is 3.29. The molecule has 43 heavy (non-hydrogen) atoms. The number of anilines is 1. The van der Waals surface area contributed by atoms with Crippen LogP contribution in [0.1, 0.15) is 24.5 Å². The van der Waals surface area contributed by atoms with Gasteiger partial charge in [0.1, 0.15) is 18.4 Å². The van der Waals surface area contributed by atoms with Gasteiger partial charge in [-0.2, -0.15) is 0 Å². The van der Waals surface area contributed by atoms with E-state index in [-0.39, 0.29) is 29.5 Å². The number of nitrogens with one attached hydrogen (secondary N) is 1. The van der Waals surface area contributed by atoms with E-state index in [0.29, 0.717) is 23.6 Å². The number of hydrogen-bond acceptors (Lipinski definition) is 4. The Morgan fingerprint density at radius 2 is 1.44 bits per heavy atom. The molecule has 0 aromatic heterocycles. The second-order valence-electron chi connectivity index (χ2n) is 9.95. The highest BCUT2D eigenvalue weighted by Crippen LogP contribution is 2.26. The highest BCUT2D eigenvalue weighted by Gasteiger charge is 2.34. The monoisotopic (exact) mass is 621 g/mol. The van der Waals surface area contributed by atoms with Crippen molar-refractivity contribution >= 4 is 39.1 Å². The van der Waals surface area contributed by atoms with Crippen molar-refractivity contribution in [1.29, 1.82) is 0 Å². The van der Waals surface area contributed by atoms with Crippen LogP contribution in [0, 0.1) is 5.82 Å². The van der Waals surface area contributed by atoms with Gasteiger partial charge in [0.2, 0.25) is 11.8 Å². The molecule has 4 aromatic carbocycles. The van der Waals surface area contributed by atoms with E-state index in [0.717, 1.165) is 9.87 Å². The molecular formula is C33H33ClFN3O4S. The van der Waals surface area contributed by atoms with Gasteiger partial charge in [-0.05, 0) is 66.1 Å². The highest BCUT2D eigenvalue weighted by molar-refractivity contribution is 7.92. The minimum Gasteiger partial charge on any atom is -0.354 e. The minimum atomic E-state index is -4.20. The van der Waals surface area contributed by atoms with Crippen LogP contribution in [-0.2, 0) is 32.6 Å². The van der Waals surface area contributed by atoms with Gasteiger partial charge in [0.15, 0.2) is 0 Å². The SMILES string of the molecule is CCCNC(=O)[C@H](Cc1ccccc1)N(Cc1ccc(F)cc1)C(=O)CN(c1ccc(Cl)cc1)S(=O)(=O)c1ccccc1. The molecule has 4 aromatic rings. The molecule has 2 amide bonds. The molecule has 0 saturated heterocycles. The van der Waals surface area contributed by atoms with Crippen LogP contribution in [0.2, 0.25) is 5.02 Å². The zero-order valence-electron chi connectivity index (χ0n) is 23.7. The van der Waals surface area contributed by atoms with Crippen molar-refractivity contribution in [2.75, 3.05) is 17.4 Å². The summed E-state index contributed by atoms with van der Waals surface area (Å²) in [6.07, 6.45) is 0.880. The molecule has 4 rings (SSSR count). The first kappa shape index (κ1) is 31.7. The Kier molecular flexibility index (Phi) is 10.9. The summed E-state index contributed by atoms with van der Waals surface area (Å²) in [7, 11) is -4.20. The molecule has 0 fully saturated rings. The lowest BCUT2D eigenvalue weighted by molar-refractivity contribution is -0.140. The van der Waals surface area contributed by atoms with Gasteiger partial charge in [-0.1, -0.05) is 79.2 Å². The Bertz CT molecular complexity index is 1600. The topological polar surface area (TPSA) is 86.8 Å². The molecular weight excluding hydrogens is 589 g/mol. The standard InChI is InChI=1S/C33H33ClFN3O4S/c1-2-21-36-33(40)31(22-25-9-5-3-6-10-25)37(23-26-13-17-28(35)18-14-26)32(39)24-38(29-19-15-27(34)16-20-29)43(41,42)30-11-7-4-8-12-30/h3-20,31H,2,21-24H2,1H3,(H,36,40)/t31-/m0/s1. The molecule has 0 aliphatic carbocycles. The van der Waals surface area contributed by atoms with Crippen LogP contribution in [0.5, 0.6) is 0 Å². The molecule has 1 atom stereocenters. The number of benzene rings is 4. The van der Waals surface area contributed by atoms with E-state index >= 15 is 0 Å². The Labute approximate surface area is 257 Å². The predicted molar refractivity (Wildman–Crippen MR) is 167 cm³/mol. The van der Waals surface area contributed by atoms with E-state index in [1.807, 2.05) is 37.3 Å². The molecule has 10 heteroatoms. The van der Waals surface area contributed by atoms with Crippen molar-refractivity contribution in [2.24, 2.45) is 0 Å². The van der Waals surface area contributed by atoms with Crippen LogP contribution < -0.4 is 9.62 Å². The Morgan fingerprint density at radius 1 is 0.837 bits per heavy atom. The zero-order chi connectivity index (χ0) is 30.8. The first-order valence-electron chi connectivity index (χ1n) is 13.9. The lowest BCUT2D eigenvalue weighted by Gasteiger charge is -2.34. The number of rotatable bonds is 13. The van der Waals surface area contributed by atoms with E-state index < -0.39 is 34.3 Å². The van der Waals surface area contributed by atoms with E-state index in [4.69, 9.17) is 11.6 Å². The van der Waals surface area contributed by atoms with Gasteiger partial charge in [-0.3, -0.25) is 13.9 Å². The van der Waals surface area contributed by atoms with Crippen LogP contribution in [0.3, 0.4) is 0 Å². The minimum absolute atomic E-state index is 0.00404. The summed E-state index contributed by atoms with van der Waals surface area (Å²) in [5.41, 5.74) is 1.64. The second kappa shape index (κ2) is 14.8. The number of sulfonamides is 1. The number of hydrogen-bond donors (Lipinski definition) is 1. The Hall–Kier alpha value is -4.21. The smallest absolute Gasteiger partial charge is 0.264 e. The van der Waals surface area contributed by atoms with Gasteiger partial charge in [-0.15, -0.1) is 0 Å². The number of carbonyl (C=O) groups excluding carboxylic acids is 2. The van der Waals surface area contributed by atoms with Crippen molar-refractivity contribution in [3.63, 3.8) is 0 Å². The quantitative estimate of drug-likeness (QED) is 0.203. The van der Waals surface area contributed by atoms with E-state index in [1.165, 1.54) is 53.4 Å². The third kappa shape index (κ3) is 8.43. The molecule has 0 unspecified atom stereocenters. The molecule has 224 valence electrons. The third-order valence-electron chi connectivity index (χ3n) is 6.81. The first-order valence-corrected chi connectivity index (χ1v) is 15.7. The van der Waals surface area contributed by atoms with Crippen molar-refractivity contribution in [3.8, 4) is 0 Å². The summed E-state index contributed by atoms with van der Waals surface area (Å²) in [6.45, 7) is 1.69. The summed E-state index contributed by atoms with van der Waals surface area (Å²) >= 11 is 6.09. The van der Waals surface area contributed by atoms with Crippen LogP contribution in [0.4, 0.5) is 10.1 Å². The number of halogens is 2. The number of carbonyl (C=O) groups is 2. The lowest BCUT2D eigenvalue weighted by Crippen LogP contribution is -2.53. The van der Waals surface area contributed by atoms with E-state index in [2.05, 4.69) is 5.32 Å². The molecule has 0 aliphatic rings. The summed E-state index contributed by atoms with van der Waals surface area (Å²) in [5.74, 6) is -1.41. The maximum absolute atomic E-state index is 14.3. The number of amides is 2. The molecule has 0 radical (unpaired) electrons. The van der Waals surface area contributed by atoms with E-state index in [1.54, 1.807) is 30.3 Å². The molecule has 0 saturated carbocycles. The second-order valence-corrected chi connectivity index (χ2v) is 12.2. The lowest BCUT2D eigenvalue weighted by atomic mass is 10.0. The summed E-state index contributed by atoms with van der Waals surface area (Å²) in [6, 6.07) is 27.9. The molecule has 0 spiro atoms. The van der Waals surface area contributed by atoms with E-state index in [9.17, 15) is 22.4 Å². The Morgan fingerprint density at radius 3 is 2.05 bits per heavy atom. The van der Waals surface area contributed by atoms with Crippen LogP contribution >= 0.6 is 11.6 Å². The largest absolute Gasteiger partial charge is 0.354 e. The number of nitrogens with zero attached hydrogens (tertiary/aromatic N) is 2. The van der Waals surface area contributed by atoms with Gasteiger partial charge in [0.05, 0.1) is 10.6 Å². The van der Waals surface area contributed by atoms with Gasteiger partial charge >= 0.3 is 0 Å². The van der Waals surface area contributed by atoms with Gasteiger partial charge in [0, 0.05) is 24.5 Å². The fourth-order valence-corrected chi connectivity index (χ4v) is 6.12. The van der Waals surface area contributed by atoms with Crippen molar-refractivity contribution in [3.05, 3.63) is 131 Å². The summed E-state index contributed by atoms with van der Waals surface area (Å²) < 4.78 is 42.6. The fraction of sp³-hybridized carbons (Fsp3) is 0.212. The normalized spacial score (nSPS) is 11.9. The van der Waals surface area contributed by atoms with Crippen molar-refractivity contribution in [2.45, 2.75) is 37.2 Å². The van der Waals surface area contributed by atoms with Gasteiger partial charge in [0.25, 0.3) is 10.0 Å². The van der Waals surface area contributed by atoms with Crippen LogP contribution in [-0.4, -0.2) is 44.3 Å². The fourth-order valence-electron chi connectivity index (χ4n) is 4.56. The Balaban J connectivity index is 1.78. The predicted octanol–water partition coefficient (Wildman–Crippen LogP) is 5.84. The average molecular weight is 622 g/mol. The molecule has 0 bridgehead atoms. The van der Waals surface area contributed by atoms with Crippen molar-refractivity contribution in [1.82, 2.24) is 10.2 Å². The molecule has 0 aliphatic heterocycles. The van der Waals surface area contributed by atoms with Gasteiger partial charge in [-0.25, -0.2) is 12.8 Å².